The summed E-state index contributed by atoms with van der Waals surface area (Å²) in [6.45, 7) is 4.28. The Morgan fingerprint density at radius 3 is 2.12 bits per heavy atom. The average Bonchev–Trinajstić information content (AvgIpc) is 3.31. The van der Waals surface area contributed by atoms with Gasteiger partial charge in [-0.15, -0.1) is 0 Å². The molecule has 1 aliphatic heterocycles. The van der Waals surface area contributed by atoms with Crippen molar-refractivity contribution in [3.8, 4) is 11.5 Å². The molecule has 0 radical (unpaired) electrons. The molecule has 1 atom stereocenters. The van der Waals surface area contributed by atoms with Crippen molar-refractivity contribution >= 4 is 17.5 Å². The molecule has 3 rings (SSSR count). The lowest BCUT2D eigenvalue weighted by Gasteiger charge is -2.28. The van der Waals surface area contributed by atoms with Gasteiger partial charge in [0.2, 0.25) is 5.91 Å². The van der Waals surface area contributed by atoms with E-state index in [4.69, 9.17) is 19.3 Å². The van der Waals surface area contributed by atoms with Gasteiger partial charge >= 0.3 is 0 Å². The molecule has 0 aromatic heterocycles. The first kappa shape index (κ1) is 25.2. The Balaban J connectivity index is 1.90. The zero-order valence-electron chi connectivity index (χ0n) is 20.5. The summed E-state index contributed by atoms with van der Waals surface area (Å²) >= 11 is 0. The second-order valence-corrected chi connectivity index (χ2v) is 8.41. The summed E-state index contributed by atoms with van der Waals surface area (Å²) in [5.74, 6) is 0.936. The van der Waals surface area contributed by atoms with Crippen LogP contribution in [-0.4, -0.2) is 68.5 Å². The maximum atomic E-state index is 13.5. The molecule has 0 fully saturated rings. The van der Waals surface area contributed by atoms with E-state index < -0.39 is 0 Å². The van der Waals surface area contributed by atoms with Crippen molar-refractivity contribution in [2.45, 2.75) is 26.3 Å². The molecule has 0 spiro atoms. The maximum absolute atomic E-state index is 13.5. The van der Waals surface area contributed by atoms with Crippen LogP contribution >= 0.6 is 0 Å². The number of ether oxygens (including phenoxy) is 3. The van der Waals surface area contributed by atoms with Gasteiger partial charge < -0.3 is 19.1 Å². The van der Waals surface area contributed by atoms with Crippen molar-refractivity contribution in [2.24, 2.45) is 11.0 Å². The highest BCUT2D eigenvalue weighted by atomic mass is 16.5. The molecule has 0 bridgehead atoms. The predicted molar refractivity (Wildman–Crippen MR) is 130 cm³/mol. The van der Waals surface area contributed by atoms with Gasteiger partial charge in [0.05, 0.1) is 32.6 Å². The second kappa shape index (κ2) is 11.7. The van der Waals surface area contributed by atoms with E-state index in [2.05, 4.69) is 0 Å². The molecule has 1 heterocycles. The topological polar surface area (TPSA) is 80.7 Å². The molecular weight excluding hydrogens is 434 g/mol. The molecule has 0 N–H and O–H groups in total. The van der Waals surface area contributed by atoms with Crippen LogP contribution < -0.4 is 9.47 Å². The summed E-state index contributed by atoms with van der Waals surface area (Å²) in [5.41, 5.74) is 2.67. The molecule has 0 saturated heterocycles. The van der Waals surface area contributed by atoms with Gasteiger partial charge in [-0.05, 0) is 47.5 Å². The molecular formula is C26H33N3O5. The van der Waals surface area contributed by atoms with Crippen molar-refractivity contribution in [1.29, 1.82) is 0 Å². The van der Waals surface area contributed by atoms with E-state index >= 15 is 0 Å². The quantitative estimate of drug-likeness (QED) is 0.534. The molecule has 0 saturated carbocycles. The number of hydrogen-bond donors (Lipinski definition) is 0. The molecule has 0 unspecified atom stereocenters. The normalized spacial score (nSPS) is 15.3. The van der Waals surface area contributed by atoms with E-state index in [9.17, 15) is 9.59 Å². The van der Waals surface area contributed by atoms with E-state index in [1.807, 2.05) is 62.4 Å². The Bertz CT molecular complexity index is 1000. The average molecular weight is 468 g/mol. The number of methoxy groups -OCH3 is 3. The monoisotopic (exact) mass is 467 g/mol. The van der Waals surface area contributed by atoms with Crippen LogP contribution in [-0.2, 0) is 14.3 Å². The van der Waals surface area contributed by atoms with E-state index in [1.165, 1.54) is 5.01 Å². The summed E-state index contributed by atoms with van der Waals surface area (Å²) in [6.07, 6.45) is 0.556. The Morgan fingerprint density at radius 1 is 1.00 bits per heavy atom. The van der Waals surface area contributed by atoms with Gasteiger partial charge in [-0.1, -0.05) is 26.0 Å². The van der Waals surface area contributed by atoms with Gasteiger partial charge in [0.15, 0.2) is 0 Å². The number of amides is 2. The lowest BCUT2D eigenvalue weighted by atomic mass is 9.98. The maximum Gasteiger partial charge on any atom is 0.262 e. The summed E-state index contributed by atoms with van der Waals surface area (Å²) in [7, 11) is 4.81. The standard InChI is InChI=1S/C26H33N3O5/c1-18(2)26(31)28(14-15-32-3)17-25(30)29-24(20-8-12-22(34-5)13-9-20)16-23(27-29)19-6-10-21(33-4)11-7-19/h6-13,18,24H,14-17H2,1-5H3/t24-/m0/s1. The van der Waals surface area contributed by atoms with Crippen LogP contribution in [0.2, 0.25) is 0 Å². The zero-order valence-corrected chi connectivity index (χ0v) is 20.5. The summed E-state index contributed by atoms with van der Waals surface area (Å²) in [6, 6.07) is 15.0. The van der Waals surface area contributed by atoms with Crippen molar-refractivity contribution < 1.29 is 23.8 Å². The molecule has 8 nitrogen and oxygen atoms in total. The van der Waals surface area contributed by atoms with Crippen LogP contribution in [0.5, 0.6) is 11.5 Å². The van der Waals surface area contributed by atoms with E-state index in [0.717, 1.165) is 28.3 Å². The predicted octanol–water partition coefficient (Wildman–Crippen LogP) is 3.51. The third kappa shape index (κ3) is 5.94. The third-order valence-corrected chi connectivity index (χ3v) is 5.79. The molecule has 8 heteroatoms. The third-order valence-electron chi connectivity index (χ3n) is 5.79. The molecule has 1 aliphatic rings. The minimum atomic E-state index is -0.283. The van der Waals surface area contributed by atoms with Crippen molar-refractivity contribution in [3.05, 3.63) is 59.7 Å². The largest absolute Gasteiger partial charge is 0.497 e. The van der Waals surface area contributed by atoms with Gasteiger partial charge in [0.25, 0.3) is 5.91 Å². The lowest BCUT2D eigenvalue weighted by molar-refractivity contribution is -0.143. The van der Waals surface area contributed by atoms with E-state index in [0.29, 0.717) is 19.6 Å². The Kier molecular flexibility index (Phi) is 8.65. The second-order valence-electron chi connectivity index (χ2n) is 8.41. The van der Waals surface area contributed by atoms with Gasteiger partial charge in [-0.3, -0.25) is 9.59 Å². The fourth-order valence-corrected chi connectivity index (χ4v) is 3.85. The highest BCUT2D eigenvalue weighted by Gasteiger charge is 2.34. The highest BCUT2D eigenvalue weighted by Crippen LogP contribution is 2.34. The number of carbonyl (C=O) groups is 2. The molecule has 2 aromatic rings. The number of hydrogen-bond acceptors (Lipinski definition) is 6. The van der Waals surface area contributed by atoms with Crippen LogP contribution in [0, 0.1) is 5.92 Å². The van der Waals surface area contributed by atoms with Gasteiger partial charge in [-0.25, -0.2) is 5.01 Å². The fraction of sp³-hybridized carbons (Fsp3) is 0.423. The first-order valence-corrected chi connectivity index (χ1v) is 11.3. The minimum Gasteiger partial charge on any atom is -0.497 e. The molecule has 2 aromatic carbocycles. The Morgan fingerprint density at radius 2 is 1.59 bits per heavy atom. The number of benzene rings is 2. The highest BCUT2D eigenvalue weighted by molar-refractivity contribution is 6.03. The van der Waals surface area contributed by atoms with Crippen LogP contribution in [0.4, 0.5) is 0 Å². The van der Waals surface area contributed by atoms with Crippen LogP contribution in [0.3, 0.4) is 0 Å². The Hall–Kier alpha value is -3.39. The number of nitrogens with zero attached hydrogens (tertiary/aromatic N) is 3. The smallest absolute Gasteiger partial charge is 0.262 e. The first-order valence-electron chi connectivity index (χ1n) is 11.3. The zero-order chi connectivity index (χ0) is 24.7. The molecule has 34 heavy (non-hydrogen) atoms. The van der Waals surface area contributed by atoms with Crippen LogP contribution in [0.25, 0.3) is 0 Å². The SMILES string of the molecule is COCCN(CC(=O)N1N=C(c2ccc(OC)cc2)C[C@H]1c1ccc(OC)cc1)C(=O)C(C)C. The van der Waals surface area contributed by atoms with Gasteiger partial charge in [0, 0.05) is 26.0 Å². The molecule has 182 valence electrons. The van der Waals surface area contributed by atoms with Gasteiger partial charge in [-0.2, -0.15) is 5.10 Å². The van der Waals surface area contributed by atoms with Crippen molar-refractivity contribution in [3.63, 3.8) is 0 Å². The number of carbonyl (C=O) groups excluding carboxylic acids is 2. The number of rotatable bonds is 10. The number of hydrazone groups is 1. The minimum absolute atomic E-state index is 0.0631. The molecule has 0 aliphatic carbocycles. The van der Waals surface area contributed by atoms with Crippen LogP contribution in [0.1, 0.15) is 37.4 Å². The summed E-state index contributed by atoms with van der Waals surface area (Å²) in [5, 5.41) is 6.22. The van der Waals surface area contributed by atoms with Crippen molar-refractivity contribution in [2.75, 3.05) is 41.0 Å². The lowest BCUT2D eigenvalue weighted by Crippen LogP contribution is -2.44. The Labute approximate surface area is 201 Å². The fourth-order valence-electron chi connectivity index (χ4n) is 3.85. The van der Waals surface area contributed by atoms with Gasteiger partial charge in [0.1, 0.15) is 18.0 Å². The van der Waals surface area contributed by atoms with Crippen LogP contribution in [0.15, 0.2) is 53.6 Å². The summed E-state index contributed by atoms with van der Waals surface area (Å²) < 4.78 is 15.7. The summed E-state index contributed by atoms with van der Waals surface area (Å²) in [4.78, 5) is 27.7. The van der Waals surface area contributed by atoms with Crippen molar-refractivity contribution in [1.82, 2.24) is 9.91 Å². The first-order chi connectivity index (χ1) is 16.4. The molecule has 2 amide bonds. The van der Waals surface area contributed by atoms with E-state index in [1.54, 1.807) is 26.2 Å². The van der Waals surface area contributed by atoms with E-state index in [-0.39, 0.29) is 30.3 Å².